The standard InChI is InChI=1S/C33H41F2N7O2/c1-19-24-10-9-20-15-28(42(29(20)38-24)14-8-6-5-7-12-33(2,3)32(44)37-19)30-39-25-16-21(23(35)17-27(25)41(30)4)31(43)40-26-18-36-13-11-22(26)34/h9-10,15-17,19,22,26,36H,5-8,11-14,18H2,1-4H3,(H,37,44)(H,40,43)/t19-,22+,26+/m1/s1. The Kier molecular flexibility index (Phi) is 8.17. The van der Waals surface area contributed by atoms with Gasteiger partial charge in [-0.2, -0.15) is 0 Å². The molecule has 0 unspecified atom stereocenters. The van der Waals surface area contributed by atoms with E-state index in [-0.39, 0.29) is 17.5 Å². The third kappa shape index (κ3) is 5.69. The zero-order valence-corrected chi connectivity index (χ0v) is 25.8. The molecule has 0 radical (unpaired) electrons. The number of alkyl halides is 1. The molecule has 9 nitrogen and oxygen atoms in total. The van der Waals surface area contributed by atoms with Gasteiger partial charge in [-0.15, -0.1) is 0 Å². The second-order valence-corrected chi connectivity index (χ2v) is 13.0. The van der Waals surface area contributed by atoms with Gasteiger partial charge in [0.1, 0.15) is 17.6 Å². The van der Waals surface area contributed by atoms with Crippen LogP contribution in [0.2, 0.25) is 0 Å². The molecule has 6 rings (SSSR count). The first kappa shape index (κ1) is 30.2. The van der Waals surface area contributed by atoms with Crippen LogP contribution in [0.25, 0.3) is 33.6 Å². The first-order valence-electron chi connectivity index (χ1n) is 15.7. The predicted octanol–water partition coefficient (Wildman–Crippen LogP) is 5.33. The lowest BCUT2D eigenvalue weighted by Gasteiger charge is -2.27. The Hall–Kier alpha value is -3.86. The fourth-order valence-corrected chi connectivity index (χ4v) is 6.39. The van der Waals surface area contributed by atoms with Crippen molar-refractivity contribution in [1.29, 1.82) is 0 Å². The van der Waals surface area contributed by atoms with Crippen LogP contribution in [-0.4, -0.2) is 56.2 Å². The van der Waals surface area contributed by atoms with Crippen LogP contribution in [0.15, 0.2) is 30.3 Å². The number of nitrogens with zero attached hydrogens (tertiary/aromatic N) is 4. The van der Waals surface area contributed by atoms with Crippen molar-refractivity contribution < 1.29 is 18.4 Å². The summed E-state index contributed by atoms with van der Waals surface area (Å²) in [6.45, 7) is 7.53. The van der Waals surface area contributed by atoms with Crippen LogP contribution in [-0.2, 0) is 18.4 Å². The fraction of sp³-hybridized carbons (Fsp3) is 0.515. The summed E-state index contributed by atoms with van der Waals surface area (Å²) in [6, 6.07) is 7.79. The molecule has 11 heteroatoms. The lowest BCUT2D eigenvalue weighted by molar-refractivity contribution is -0.130. The van der Waals surface area contributed by atoms with Gasteiger partial charge in [-0.3, -0.25) is 9.59 Å². The van der Waals surface area contributed by atoms with Gasteiger partial charge in [0.05, 0.1) is 40.1 Å². The van der Waals surface area contributed by atoms with Crippen LogP contribution in [0.1, 0.15) is 81.4 Å². The first-order valence-corrected chi connectivity index (χ1v) is 15.7. The van der Waals surface area contributed by atoms with Gasteiger partial charge in [0.15, 0.2) is 5.82 Å². The Morgan fingerprint density at radius 3 is 2.70 bits per heavy atom. The second-order valence-electron chi connectivity index (χ2n) is 13.0. The first-order chi connectivity index (χ1) is 21.0. The molecule has 1 aromatic carbocycles. The number of amides is 2. The van der Waals surface area contributed by atoms with Gasteiger partial charge < -0.3 is 25.1 Å². The molecule has 2 aliphatic rings. The average molecular weight is 606 g/mol. The van der Waals surface area contributed by atoms with Crippen LogP contribution in [0.5, 0.6) is 0 Å². The number of halogens is 2. The summed E-state index contributed by atoms with van der Waals surface area (Å²) in [4.78, 5) is 36.0. The van der Waals surface area contributed by atoms with Crippen molar-refractivity contribution in [2.75, 3.05) is 13.1 Å². The number of fused-ring (bicyclic) bond motifs is 2. The molecule has 0 saturated carbocycles. The molecule has 4 aromatic rings. The lowest BCUT2D eigenvalue weighted by Crippen LogP contribution is -2.52. The number of piperidine rings is 1. The number of rotatable bonds is 3. The number of pyridine rings is 1. The third-order valence-electron chi connectivity index (χ3n) is 9.26. The minimum atomic E-state index is -1.18. The number of imidazole rings is 1. The van der Waals surface area contributed by atoms with E-state index >= 15 is 4.39 Å². The van der Waals surface area contributed by atoms with Crippen LogP contribution >= 0.6 is 0 Å². The average Bonchev–Trinajstić information content (AvgIpc) is 3.51. The van der Waals surface area contributed by atoms with Gasteiger partial charge in [0.25, 0.3) is 5.91 Å². The molecule has 1 fully saturated rings. The highest BCUT2D eigenvalue weighted by molar-refractivity contribution is 5.98. The van der Waals surface area contributed by atoms with E-state index in [4.69, 9.17) is 9.97 Å². The van der Waals surface area contributed by atoms with E-state index in [1.807, 2.05) is 50.6 Å². The molecule has 3 atom stereocenters. The zero-order chi connectivity index (χ0) is 31.2. The lowest BCUT2D eigenvalue weighted by atomic mass is 9.85. The summed E-state index contributed by atoms with van der Waals surface area (Å²) < 4.78 is 33.6. The van der Waals surface area contributed by atoms with E-state index in [2.05, 4.69) is 20.5 Å². The summed E-state index contributed by atoms with van der Waals surface area (Å²) in [6.07, 6.45) is 3.87. The molecule has 44 heavy (non-hydrogen) atoms. The number of hydrogen-bond donors (Lipinski definition) is 3. The van der Waals surface area contributed by atoms with E-state index in [0.29, 0.717) is 36.4 Å². The molecular formula is C33H41F2N7O2. The number of aromatic nitrogens is 4. The van der Waals surface area contributed by atoms with Gasteiger partial charge in [-0.1, -0.05) is 33.1 Å². The van der Waals surface area contributed by atoms with E-state index in [1.165, 1.54) is 12.1 Å². The van der Waals surface area contributed by atoms with E-state index < -0.39 is 29.4 Å². The molecule has 0 spiro atoms. The molecule has 234 valence electrons. The van der Waals surface area contributed by atoms with Crippen molar-refractivity contribution >= 4 is 33.9 Å². The van der Waals surface area contributed by atoms with Crippen LogP contribution in [0.4, 0.5) is 8.78 Å². The third-order valence-corrected chi connectivity index (χ3v) is 9.26. The number of hydrogen-bond acceptors (Lipinski definition) is 5. The molecule has 0 aliphatic carbocycles. The van der Waals surface area contributed by atoms with Gasteiger partial charge >= 0.3 is 0 Å². The number of carbonyl (C=O) groups excluding carboxylic acids is 2. The molecule has 2 amide bonds. The fourth-order valence-electron chi connectivity index (χ4n) is 6.39. The van der Waals surface area contributed by atoms with Crippen molar-refractivity contribution in [3.63, 3.8) is 0 Å². The molecular weight excluding hydrogens is 564 g/mol. The quantitative estimate of drug-likeness (QED) is 0.293. The highest BCUT2D eigenvalue weighted by Gasteiger charge is 2.30. The van der Waals surface area contributed by atoms with Crippen molar-refractivity contribution in [3.05, 3.63) is 47.4 Å². The van der Waals surface area contributed by atoms with Crippen molar-refractivity contribution in [2.24, 2.45) is 12.5 Å². The van der Waals surface area contributed by atoms with Gasteiger partial charge in [0, 0.05) is 37.0 Å². The van der Waals surface area contributed by atoms with Crippen LogP contribution < -0.4 is 16.0 Å². The monoisotopic (exact) mass is 605 g/mol. The minimum Gasteiger partial charge on any atom is -0.348 e. The number of benzene rings is 1. The Morgan fingerprint density at radius 1 is 1.11 bits per heavy atom. The normalized spacial score (nSPS) is 23.0. The minimum absolute atomic E-state index is 0.0277. The smallest absolute Gasteiger partial charge is 0.254 e. The van der Waals surface area contributed by atoms with E-state index in [0.717, 1.165) is 61.1 Å². The summed E-state index contributed by atoms with van der Waals surface area (Å²) in [5.41, 5.74) is 2.83. The largest absolute Gasteiger partial charge is 0.348 e. The topological polar surface area (TPSA) is 106 Å². The second kappa shape index (κ2) is 11.9. The summed E-state index contributed by atoms with van der Waals surface area (Å²) in [7, 11) is 1.83. The molecule has 1 saturated heterocycles. The van der Waals surface area contributed by atoms with E-state index in [1.54, 1.807) is 0 Å². The van der Waals surface area contributed by atoms with Crippen molar-refractivity contribution in [3.8, 4) is 11.5 Å². The molecule has 5 heterocycles. The highest BCUT2D eigenvalue weighted by Crippen LogP contribution is 2.33. The Balaban J connectivity index is 1.38. The van der Waals surface area contributed by atoms with Crippen LogP contribution in [0.3, 0.4) is 0 Å². The number of aryl methyl sites for hydroxylation is 2. The summed E-state index contributed by atoms with van der Waals surface area (Å²) in [5.74, 6) is -0.686. The molecule has 3 aromatic heterocycles. The summed E-state index contributed by atoms with van der Waals surface area (Å²) >= 11 is 0. The maximum absolute atomic E-state index is 15.3. The van der Waals surface area contributed by atoms with Gasteiger partial charge in [-0.25, -0.2) is 18.7 Å². The van der Waals surface area contributed by atoms with E-state index in [9.17, 15) is 14.0 Å². The summed E-state index contributed by atoms with van der Waals surface area (Å²) in [5, 5.41) is 9.81. The maximum Gasteiger partial charge on any atom is 0.254 e. The molecule has 2 bridgehead atoms. The van der Waals surface area contributed by atoms with Crippen LogP contribution in [0, 0.1) is 11.2 Å². The molecule has 2 aliphatic heterocycles. The Morgan fingerprint density at radius 2 is 1.91 bits per heavy atom. The Bertz CT molecular complexity index is 1730. The van der Waals surface area contributed by atoms with Crippen molar-refractivity contribution in [1.82, 2.24) is 35.1 Å². The highest BCUT2D eigenvalue weighted by atomic mass is 19.1. The zero-order valence-electron chi connectivity index (χ0n) is 25.8. The Labute approximate surface area is 255 Å². The van der Waals surface area contributed by atoms with Gasteiger partial charge in [0.2, 0.25) is 5.91 Å². The van der Waals surface area contributed by atoms with Crippen molar-refractivity contribution in [2.45, 2.75) is 84.1 Å². The van der Waals surface area contributed by atoms with Gasteiger partial charge in [-0.05, 0) is 57.0 Å². The maximum atomic E-state index is 15.3. The molecule has 3 N–H and O–H groups in total. The SMILES string of the molecule is C[C@H]1NC(=O)C(C)(C)CCCCCCn2c(-c3nc4cc(C(=O)N[C@H]5CNCC[C@@H]5F)c(F)cc4n3C)cc3ccc1nc32. The number of nitrogens with one attached hydrogen (secondary N) is 3. The predicted molar refractivity (Wildman–Crippen MR) is 166 cm³/mol. The number of carbonyl (C=O) groups is 2.